The van der Waals surface area contributed by atoms with E-state index >= 15 is 0 Å². The normalized spacial score (nSPS) is 19.6. The third kappa shape index (κ3) is 3.56. The lowest BCUT2D eigenvalue weighted by atomic mass is 9.72. The highest BCUT2D eigenvalue weighted by Gasteiger charge is 2.37. The first kappa shape index (κ1) is 13.7. The molecule has 0 aromatic rings. The van der Waals surface area contributed by atoms with Crippen molar-refractivity contribution < 1.29 is 9.53 Å². The molecule has 1 rings (SSSR count). The Hall–Kier alpha value is -0.410. The smallest absolute Gasteiger partial charge is 0.164 e. The summed E-state index contributed by atoms with van der Waals surface area (Å²) in [7, 11) is 0. The van der Waals surface area contributed by atoms with Crippen molar-refractivity contribution in [3.63, 3.8) is 0 Å². The van der Waals surface area contributed by atoms with Gasteiger partial charge in [0.15, 0.2) is 5.78 Å². The van der Waals surface area contributed by atoms with Crippen LogP contribution in [-0.2, 0) is 9.53 Å². The highest BCUT2D eigenvalue weighted by atomic mass is 16.5. The summed E-state index contributed by atoms with van der Waals surface area (Å²) in [5.74, 6) is 0.323. The molecule has 0 radical (unpaired) electrons. The molecule has 94 valence electrons. The van der Waals surface area contributed by atoms with Gasteiger partial charge in [0.25, 0.3) is 0 Å². The summed E-state index contributed by atoms with van der Waals surface area (Å²) in [6.45, 7) is 7.18. The molecule has 0 atom stereocenters. The van der Waals surface area contributed by atoms with Gasteiger partial charge < -0.3 is 10.1 Å². The number of Topliss-reactive ketones (excluding diaryl/α,β-unsaturated/α-hetero) is 1. The lowest BCUT2D eigenvalue weighted by molar-refractivity contribution is -0.135. The predicted octanol–water partition coefficient (Wildman–Crippen LogP) is 2.15. The van der Waals surface area contributed by atoms with E-state index in [1.807, 2.05) is 0 Å². The highest BCUT2D eigenvalue weighted by Crippen LogP contribution is 2.35. The number of hydrogen-bond donors (Lipinski definition) is 1. The Bertz CT molecular complexity index is 204. The summed E-state index contributed by atoms with van der Waals surface area (Å²) in [6.07, 6.45) is 5.04. The van der Waals surface area contributed by atoms with Crippen molar-refractivity contribution in [1.82, 2.24) is 5.32 Å². The Morgan fingerprint density at radius 2 is 1.94 bits per heavy atom. The molecule has 0 aliphatic carbocycles. The first-order valence-corrected chi connectivity index (χ1v) is 6.57. The second kappa shape index (κ2) is 7.02. The molecule has 0 spiro atoms. The quantitative estimate of drug-likeness (QED) is 0.677. The average Bonchev–Trinajstić information content (AvgIpc) is 2.31. The minimum absolute atomic E-state index is 0.0895. The Labute approximate surface area is 98.9 Å². The van der Waals surface area contributed by atoms with E-state index in [9.17, 15) is 4.79 Å². The van der Waals surface area contributed by atoms with E-state index in [-0.39, 0.29) is 5.41 Å². The van der Waals surface area contributed by atoms with E-state index < -0.39 is 0 Å². The fourth-order valence-electron chi connectivity index (χ4n) is 2.51. The Morgan fingerprint density at radius 3 is 2.50 bits per heavy atom. The van der Waals surface area contributed by atoms with Crippen LogP contribution in [0.25, 0.3) is 0 Å². The molecule has 3 heteroatoms. The molecule has 0 unspecified atom stereocenters. The Balaban J connectivity index is 2.50. The second-order valence-electron chi connectivity index (χ2n) is 4.76. The van der Waals surface area contributed by atoms with Gasteiger partial charge in [-0.3, -0.25) is 4.79 Å². The number of piperidine rings is 1. The van der Waals surface area contributed by atoms with Crippen LogP contribution in [0.15, 0.2) is 0 Å². The van der Waals surface area contributed by atoms with Gasteiger partial charge in [0.1, 0.15) is 6.61 Å². The van der Waals surface area contributed by atoms with Crippen LogP contribution in [0.4, 0.5) is 0 Å². The van der Waals surface area contributed by atoms with Crippen molar-refractivity contribution in [2.75, 3.05) is 26.3 Å². The van der Waals surface area contributed by atoms with E-state index in [0.717, 1.165) is 45.2 Å². The lowest BCUT2D eigenvalue weighted by Crippen LogP contribution is -2.43. The minimum atomic E-state index is -0.0895. The first-order valence-electron chi connectivity index (χ1n) is 6.57. The lowest BCUT2D eigenvalue weighted by Gasteiger charge is -2.36. The predicted molar refractivity (Wildman–Crippen MR) is 65.6 cm³/mol. The Morgan fingerprint density at radius 1 is 1.25 bits per heavy atom. The first-order chi connectivity index (χ1) is 7.75. The summed E-state index contributed by atoms with van der Waals surface area (Å²) in [4.78, 5) is 12.2. The summed E-state index contributed by atoms with van der Waals surface area (Å²) in [6, 6.07) is 0. The summed E-state index contributed by atoms with van der Waals surface area (Å²) in [5, 5.41) is 3.33. The maximum atomic E-state index is 12.2. The van der Waals surface area contributed by atoms with Gasteiger partial charge in [-0.25, -0.2) is 0 Å². The number of hydrogen-bond acceptors (Lipinski definition) is 3. The van der Waals surface area contributed by atoms with E-state index in [1.165, 1.54) is 0 Å². The molecule has 1 N–H and O–H groups in total. The molecule has 0 aromatic carbocycles. The molecule has 0 amide bonds. The number of carbonyl (C=O) groups is 1. The van der Waals surface area contributed by atoms with Crippen LogP contribution < -0.4 is 5.32 Å². The number of carbonyl (C=O) groups excluding carboxylic acids is 1. The van der Waals surface area contributed by atoms with Crippen LogP contribution >= 0.6 is 0 Å². The minimum Gasteiger partial charge on any atom is -0.374 e. The van der Waals surface area contributed by atoms with Crippen molar-refractivity contribution in [3.8, 4) is 0 Å². The molecule has 16 heavy (non-hydrogen) atoms. The maximum Gasteiger partial charge on any atom is 0.164 e. The van der Waals surface area contributed by atoms with Crippen LogP contribution in [0.1, 0.15) is 46.0 Å². The largest absolute Gasteiger partial charge is 0.374 e. The molecule has 1 aliphatic rings. The summed E-state index contributed by atoms with van der Waals surface area (Å²) in [5.41, 5.74) is -0.0895. The number of rotatable bonds is 7. The van der Waals surface area contributed by atoms with Gasteiger partial charge in [-0.05, 0) is 38.8 Å². The van der Waals surface area contributed by atoms with Gasteiger partial charge in [0, 0.05) is 12.0 Å². The van der Waals surface area contributed by atoms with Crippen molar-refractivity contribution in [2.24, 2.45) is 5.41 Å². The highest BCUT2D eigenvalue weighted by molar-refractivity contribution is 5.86. The molecule has 3 nitrogen and oxygen atoms in total. The molecule has 1 heterocycles. The number of ketones is 1. The van der Waals surface area contributed by atoms with E-state index in [0.29, 0.717) is 19.0 Å². The van der Waals surface area contributed by atoms with Gasteiger partial charge in [0.2, 0.25) is 0 Å². The van der Waals surface area contributed by atoms with Crippen LogP contribution in [0, 0.1) is 5.41 Å². The van der Waals surface area contributed by atoms with E-state index in [1.54, 1.807) is 0 Å². The SMILES string of the molecule is CCCOCC(=O)C1(CCC)CCNCC1. The van der Waals surface area contributed by atoms with Crippen LogP contribution in [0.5, 0.6) is 0 Å². The molecule has 1 aliphatic heterocycles. The van der Waals surface area contributed by atoms with Crippen molar-refractivity contribution >= 4 is 5.78 Å². The van der Waals surface area contributed by atoms with Crippen LogP contribution in [-0.4, -0.2) is 32.1 Å². The molecule has 1 fully saturated rings. The van der Waals surface area contributed by atoms with E-state index in [4.69, 9.17) is 4.74 Å². The summed E-state index contributed by atoms with van der Waals surface area (Å²) >= 11 is 0. The molecule has 1 saturated heterocycles. The van der Waals surface area contributed by atoms with Gasteiger partial charge in [-0.1, -0.05) is 20.3 Å². The fourth-order valence-corrected chi connectivity index (χ4v) is 2.51. The zero-order chi connectivity index (χ0) is 11.9. The number of nitrogens with one attached hydrogen (secondary N) is 1. The second-order valence-corrected chi connectivity index (χ2v) is 4.76. The van der Waals surface area contributed by atoms with Gasteiger partial charge in [0.05, 0.1) is 0 Å². The third-order valence-corrected chi connectivity index (χ3v) is 3.46. The standard InChI is InChI=1S/C13H25NO2/c1-3-5-13(6-8-14-9-7-13)12(15)11-16-10-4-2/h14H,3-11H2,1-2H3. The molecule has 0 saturated carbocycles. The van der Waals surface area contributed by atoms with Gasteiger partial charge in [-0.2, -0.15) is 0 Å². The Kier molecular flexibility index (Phi) is 5.99. The third-order valence-electron chi connectivity index (χ3n) is 3.46. The van der Waals surface area contributed by atoms with Gasteiger partial charge in [-0.15, -0.1) is 0 Å². The number of ether oxygens (including phenoxy) is 1. The van der Waals surface area contributed by atoms with Crippen molar-refractivity contribution in [2.45, 2.75) is 46.0 Å². The molecular weight excluding hydrogens is 202 g/mol. The van der Waals surface area contributed by atoms with E-state index in [2.05, 4.69) is 19.2 Å². The van der Waals surface area contributed by atoms with Crippen LogP contribution in [0.2, 0.25) is 0 Å². The van der Waals surface area contributed by atoms with Crippen molar-refractivity contribution in [1.29, 1.82) is 0 Å². The monoisotopic (exact) mass is 227 g/mol. The topological polar surface area (TPSA) is 38.3 Å². The average molecular weight is 227 g/mol. The zero-order valence-corrected chi connectivity index (χ0v) is 10.7. The van der Waals surface area contributed by atoms with Crippen LogP contribution in [0.3, 0.4) is 0 Å². The molecular formula is C13H25NO2. The molecule has 0 aromatic heterocycles. The zero-order valence-electron chi connectivity index (χ0n) is 10.7. The maximum absolute atomic E-state index is 12.2. The molecule has 0 bridgehead atoms. The van der Waals surface area contributed by atoms with Gasteiger partial charge >= 0.3 is 0 Å². The van der Waals surface area contributed by atoms with Crippen molar-refractivity contribution in [3.05, 3.63) is 0 Å². The fraction of sp³-hybridized carbons (Fsp3) is 0.923. The summed E-state index contributed by atoms with van der Waals surface area (Å²) < 4.78 is 5.40.